The number of amides is 1. The fraction of sp³-hybridized carbons (Fsp3) is 0.174. The molecule has 0 radical (unpaired) electrons. The van der Waals surface area contributed by atoms with E-state index >= 15 is 0 Å². The Kier molecular flexibility index (Phi) is 6.07. The maximum atomic E-state index is 13.7. The second-order valence-corrected chi connectivity index (χ2v) is 6.87. The number of anilines is 2. The number of nitrogens with zero attached hydrogens (tertiary/aromatic N) is 2. The Morgan fingerprint density at radius 3 is 2.48 bits per heavy atom. The van der Waals surface area contributed by atoms with Crippen molar-refractivity contribution in [1.82, 2.24) is 9.78 Å². The molecule has 1 amide bonds. The summed E-state index contributed by atoms with van der Waals surface area (Å²) in [4.78, 5) is 24.2. The lowest BCUT2D eigenvalue weighted by Crippen LogP contribution is -2.23. The highest BCUT2D eigenvalue weighted by atomic mass is 19.1. The van der Waals surface area contributed by atoms with Gasteiger partial charge >= 0.3 is 0 Å². The van der Waals surface area contributed by atoms with E-state index < -0.39 is 5.91 Å². The molecule has 1 heterocycles. The van der Waals surface area contributed by atoms with E-state index in [9.17, 15) is 14.0 Å². The summed E-state index contributed by atoms with van der Waals surface area (Å²) >= 11 is 0. The zero-order valence-electron chi connectivity index (χ0n) is 17.5. The van der Waals surface area contributed by atoms with Crippen molar-refractivity contribution in [3.8, 4) is 35.1 Å². The van der Waals surface area contributed by atoms with Crippen molar-refractivity contribution in [2.75, 3.05) is 17.7 Å². The normalized spacial score (nSPS) is 10.3. The summed E-state index contributed by atoms with van der Waals surface area (Å²) in [6, 6.07) is 9.31. The number of hydrogen-bond acceptors (Lipinski definition) is 5. The molecular weight excluding hydrogens is 399 g/mol. The van der Waals surface area contributed by atoms with E-state index in [0.29, 0.717) is 45.3 Å². The minimum absolute atomic E-state index is 0.311. The molecule has 7 nitrogen and oxygen atoms in total. The standard InChI is InChI=1S/C23H21FN4O3/c1-6-20(29)26-16-8-7-9-19(31-22-13(2)10-15(24)11-14(22)3)21(16)17-12-18(25-4)23(30)28(5)27-17/h1,7-12,25H,2-5H3,(H,26,29). The molecule has 0 aliphatic heterocycles. The SMILES string of the molecule is C#CC(=O)Nc1cccc(Oc2c(C)cc(F)cc2C)c1-c1cc(NC)c(=O)n(C)n1. The minimum Gasteiger partial charge on any atom is -0.456 e. The van der Waals surface area contributed by atoms with Crippen molar-refractivity contribution in [1.29, 1.82) is 0 Å². The van der Waals surface area contributed by atoms with E-state index in [1.54, 1.807) is 45.2 Å². The Morgan fingerprint density at radius 2 is 1.87 bits per heavy atom. The van der Waals surface area contributed by atoms with Gasteiger partial charge in [-0.15, -0.1) is 6.42 Å². The van der Waals surface area contributed by atoms with E-state index in [1.165, 1.54) is 23.9 Å². The van der Waals surface area contributed by atoms with Crippen molar-refractivity contribution in [2.24, 2.45) is 7.05 Å². The van der Waals surface area contributed by atoms with Crippen LogP contribution in [-0.4, -0.2) is 22.7 Å². The number of benzene rings is 2. The van der Waals surface area contributed by atoms with Crippen LogP contribution in [0.15, 0.2) is 41.2 Å². The summed E-state index contributed by atoms with van der Waals surface area (Å²) in [6.45, 7) is 3.47. The van der Waals surface area contributed by atoms with Gasteiger partial charge in [-0.1, -0.05) is 6.07 Å². The Bertz CT molecular complexity index is 1250. The lowest BCUT2D eigenvalue weighted by atomic mass is 10.1. The zero-order valence-corrected chi connectivity index (χ0v) is 17.5. The van der Waals surface area contributed by atoms with Gasteiger partial charge in [0.15, 0.2) is 0 Å². The molecule has 2 aromatic carbocycles. The molecule has 3 aromatic rings. The van der Waals surface area contributed by atoms with Gasteiger partial charge in [-0.2, -0.15) is 5.10 Å². The molecule has 8 heteroatoms. The number of aromatic nitrogens is 2. The molecule has 0 saturated heterocycles. The van der Waals surface area contributed by atoms with Crippen molar-refractivity contribution < 1.29 is 13.9 Å². The van der Waals surface area contributed by atoms with Crippen LogP contribution in [0.2, 0.25) is 0 Å². The summed E-state index contributed by atoms with van der Waals surface area (Å²) in [5.74, 6) is 1.82. The van der Waals surface area contributed by atoms with E-state index in [2.05, 4.69) is 15.7 Å². The van der Waals surface area contributed by atoms with Crippen LogP contribution in [0.1, 0.15) is 11.1 Å². The average molecular weight is 420 g/mol. The zero-order chi connectivity index (χ0) is 22.7. The van der Waals surface area contributed by atoms with Crippen LogP contribution in [-0.2, 0) is 11.8 Å². The maximum Gasteiger partial charge on any atom is 0.300 e. The summed E-state index contributed by atoms with van der Waals surface area (Å²) in [5.41, 5.74) is 2.34. The Hall–Kier alpha value is -4.12. The molecule has 3 rings (SSSR count). The number of hydrogen-bond donors (Lipinski definition) is 2. The number of rotatable bonds is 5. The molecular formula is C23H21FN4O3. The molecule has 0 bridgehead atoms. The lowest BCUT2D eigenvalue weighted by Gasteiger charge is -2.18. The predicted molar refractivity (Wildman–Crippen MR) is 118 cm³/mol. The molecule has 0 unspecified atom stereocenters. The molecule has 0 saturated carbocycles. The van der Waals surface area contributed by atoms with Gasteiger partial charge in [0.25, 0.3) is 11.5 Å². The number of halogens is 1. The molecule has 158 valence electrons. The molecule has 0 aliphatic carbocycles. The van der Waals surface area contributed by atoms with Crippen molar-refractivity contribution in [3.05, 3.63) is 63.7 Å². The highest BCUT2D eigenvalue weighted by molar-refractivity contribution is 6.06. The van der Waals surface area contributed by atoms with Crippen molar-refractivity contribution >= 4 is 17.3 Å². The number of terminal acetylenes is 1. The number of carbonyl (C=O) groups is 1. The van der Waals surface area contributed by atoms with Gasteiger partial charge in [0.05, 0.1) is 16.9 Å². The largest absolute Gasteiger partial charge is 0.456 e. The van der Waals surface area contributed by atoms with Gasteiger partial charge in [0.2, 0.25) is 0 Å². The molecule has 0 fully saturated rings. The molecule has 0 spiro atoms. The van der Waals surface area contributed by atoms with Crippen LogP contribution in [0.5, 0.6) is 11.5 Å². The summed E-state index contributed by atoms with van der Waals surface area (Å²) in [7, 11) is 3.14. The molecule has 0 aliphatic rings. The third kappa shape index (κ3) is 4.41. The summed E-state index contributed by atoms with van der Waals surface area (Å²) in [6.07, 6.45) is 5.21. The lowest BCUT2D eigenvalue weighted by molar-refractivity contribution is -0.111. The van der Waals surface area contributed by atoms with E-state index in [-0.39, 0.29) is 11.4 Å². The van der Waals surface area contributed by atoms with Gasteiger partial charge in [-0.05, 0) is 61.2 Å². The number of carbonyl (C=O) groups excluding carboxylic acids is 1. The van der Waals surface area contributed by atoms with Gasteiger partial charge in [-0.3, -0.25) is 9.59 Å². The first-order valence-electron chi connectivity index (χ1n) is 9.36. The fourth-order valence-corrected chi connectivity index (χ4v) is 3.22. The van der Waals surface area contributed by atoms with Gasteiger partial charge in [-0.25, -0.2) is 9.07 Å². The second-order valence-electron chi connectivity index (χ2n) is 6.87. The van der Waals surface area contributed by atoms with Gasteiger partial charge < -0.3 is 15.4 Å². The number of aryl methyl sites for hydroxylation is 3. The average Bonchev–Trinajstić information content (AvgIpc) is 2.72. The Labute approximate surface area is 178 Å². The first-order chi connectivity index (χ1) is 14.7. The van der Waals surface area contributed by atoms with Crippen LogP contribution >= 0.6 is 0 Å². The first kappa shape index (κ1) is 21.6. The molecule has 31 heavy (non-hydrogen) atoms. The van der Waals surface area contributed by atoms with E-state index in [0.717, 1.165) is 0 Å². The second kappa shape index (κ2) is 8.71. The van der Waals surface area contributed by atoms with Gasteiger partial charge in [0.1, 0.15) is 23.0 Å². The fourth-order valence-electron chi connectivity index (χ4n) is 3.22. The number of nitrogens with one attached hydrogen (secondary N) is 2. The highest BCUT2D eigenvalue weighted by Crippen LogP contribution is 2.40. The van der Waals surface area contributed by atoms with Crippen LogP contribution in [0.3, 0.4) is 0 Å². The smallest absolute Gasteiger partial charge is 0.300 e. The summed E-state index contributed by atoms with van der Waals surface area (Å²) < 4.78 is 21.1. The van der Waals surface area contributed by atoms with Crippen molar-refractivity contribution in [2.45, 2.75) is 13.8 Å². The first-order valence-corrected chi connectivity index (χ1v) is 9.36. The third-order valence-corrected chi connectivity index (χ3v) is 4.63. The minimum atomic E-state index is -0.647. The Balaban J connectivity index is 2.25. The van der Waals surface area contributed by atoms with Gasteiger partial charge in [0, 0.05) is 14.1 Å². The van der Waals surface area contributed by atoms with E-state index in [1.807, 2.05) is 5.92 Å². The van der Waals surface area contributed by atoms with Crippen LogP contribution in [0.25, 0.3) is 11.3 Å². The maximum absolute atomic E-state index is 13.7. The molecule has 2 N–H and O–H groups in total. The number of ether oxygens (including phenoxy) is 1. The van der Waals surface area contributed by atoms with E-state index in [4.69, 9.17) is 11.2 Å². The highest BCUT2D eigenvalue weighted by Gasteiger charge is 2.19. The monoisotopic (exact) mass is 420 g/mol. The van der Waals surface area contributed by atoms with Crippen LogP contribution < -0.4 is 20.9 Å². The third-order valence-electron chi connectivity index (χ3n) is 4.63. The Morgan fingerprint density at radius 1 is 1.19 bits per heavy atom. The quantitative estimate of drug-likeness (QED) is 0.616. The van der Waals surface area contributed by atoms with Crippen LogP contribution in [0, 0.1) is 32.0 Å². The van der Waals surface area contributed by atoms with Crippen LogP contribution in [0.4, 0.5) is 15.8 Å². The topological polar surface area (TPSA) is 85.3 Å². The molecule has 0 atom stereocenters. The molecule has 1 aromatic heterocycles. The predicted octanol–water partition coefficient (Wildman–Crippen LogP) is 3.61. The summed E-state index contributed by atoms with van der Waals surface area (Å²) in [5, 5.41) is 9.80. The van der Waals surface area contributed by atoms with Crippen molar-refractivity contribution in [3.63, 3.8) is 0 Å².